The fourth-order valence-electron chi connectivity index (χ4n) is 3.06. The van der Waals surface area contributed by atoms with E-state index in [1.807, 2.05) is 30.5 Å². The number of aryl methyl sites for hydroxylation is 1. The number of aromatic nitrogens is 4. The number of fused-ring (bicyclic) bond motifs is 1. The van der Waals surface area contributed by atoms with Crippen molar-refractivity contribution >= 4 is 0 Å². The van der Waals surface area contributed by atoms with E-state index in [4.69, 9.17) is 0 Å². The lowest BCUT2D eigenvalue weighted by molar-refractivity contribution is 0.380. The molecule has 0 amide bonds. The van der Waals surface area contributed by atoms with Crippen molar-refractivity contribution in [1.82, 2.24) is 25.1 Å². The molecule has 2 aromatic heterocycles. The van der Waals surface area contributed by atoms with Gasteiger partial charge < -0.3 is 9.88 Å². The molecule has 0 saturated carbocycles. The van der Waals surface area contributed by atoms with Gasteiger partial charge >= 0.3 is 0 Å². The highest BCUT2D eigenvalue weighted by Crippen LogP contribution is 2.23. The van der Waals surface area contributed by atoms with Crippen molar-refractivity contribution in [2.45, 2.75) is 32.0 Å². The summed E-state index contributed by atoms with van der Waals surface area (Å²) < 4.78 is 2.25. The lowest BCUT2D eigenvalue weighted by Crippen LogP contribution is -2.37. The van der Waals surface area contributed by atoms with Crippen LogP contribution in [-0.4, -0.2) is 25.8 Å². The summed E-state index contributed by atoms with van der Waals surface area (Å²) in [7, 11) is 0. The van der Waals surface area contributed by atoms with Crippen LogP contribution in [0.2, 0.25) is 0 Å². The number of hydrogen-bond acceptors (Lipinski definition) is 4. The van der Waals surface area contributed by atoms with Gasteiger partial charge in [-0.25, -0.2) is 0 Å². The van der Waals surface area contributed by atoms with Crippen LogP contribution in [0.5, 0.6) is 0 Å². The summed E-state index contributed by atoms with van der Waals surface area (Å²) in [6, 6.07) is 14.8. The zero-order valence-corrected chi connectivity index (χ0v) is 12.9. The van der Waals surface area contributed by atoms with Crippen LogP contribution in [0, 0.1) is 0 Å². The molecule has 5 nitrogen and oxygen atoms in total. The van der Waals surface area contributed by atoms with E-state index in [1.165, 1.54) is 5.56 Å². The highest BCUT2D eigenvalue weighted by atomic mass is 15.3. The molecule has 0 bridgehead atoms. The minimum atomic E-state index is 0.432. The van der Waals surface area contributed by atoms with Crippen LogP contribution < -0.4 is 5.32 Å². The second-order valence-electron chi connectivity index (χ2n) is 5.89. The average molecular weight is 305 g/mol. The van der Waals surface area contributed by atoms with E-state index >= 15 is 0 Å². The lowest BCUT2D eigenvalue weighted by Gasteiger charge is -2.25. The van der Waals surface area contributed by atoms with E-state index in [0.29, 0.717) is 6.04 Å². The van der Waals surface area contributed by atoms with Crippen LogP contribution in [0.25, 0.3) is 11.4 Å². The van der Waals surface area contributed by atoms with Crippen molar-refractivity contribution in [2.24, 2.45) is 0 Å². The maximum atomic E-state index is 4.40. The maximum Gasteiger partial charge on any atom is 0.164 e. The van der Waals surface area contributed by atoms with Gasteiger partial charge in [0.2, 0.25) is 0 Å². The van der Waals surface area contributed by atoms with Gasteiger partial charge in [0.1, 0.15) is 5.82 Å². The summed E-state index contributed by atoms with van der Waals surface area (Å²) in [5.41, 5.74) is 2.34. The molecule has 3 aromatic rings. The van der Waals surface area contributed by atoms with Crippen LogP contribution >= 0.6 is 0 Å². The van der Waals surface area contributed by atoms with Gasteiger partial charge in [0, 0.05) is 43.5 Å². The van der Waals surface area contributed by atoms with Crippen molar-refractivity contribution in [1.29, 1.82) is 0 Å². The molecule has 23 heavy (non-hydrogen) atoms. The minimum absolute atomic E-state index is 0.432. The van der Waals surface area contributed by atoms with Gasteiger partial charge in [0.25, 0.3) is 0 Å². The molecule has 1 atom stereocenters. The van der Waals surface area contributed by atoms with Crippen molar-refractivity contribution in [3.05, 3.63) is 66.2 Å². The Morgan fingerprint density at radius 3 is 2.83 bits per heavy atom. The van der Waals surface area contributed by atoms with Gasteiger partial charge in [0.15, 0.2) is 5.82 Å². The van der Waals surface area contributed by atoms with E-state index in [1.54, 1.807) is 6.20 Å². The van der Waals surface area contributed by atoms with Gasteiger partial charge in [-0.05, 0) is 18.1 Å². The van der Waals surface area contributed by atoms with Crippen molar-refractivity contribution < 1.29 is 0 Å². The number of nitrogens with one attached hydrogen (secondary N) is 1. The third-order valence-electron chi connectivity index (χ3n) is 4.30. The molecule has 1 N–H and O–H groups in total. The number of hydrogen-bond donors (Lipinski definition) is 1. The Morgan fingerprint density at radius 1 is 1.09 bits per heavy atom. The van der Waals surface area contributed by atoms with Gasteiger partial charge in [-0.3, -0.25) is 4.98 Å². The summed E-state index contributed by atoms with van der Waals surface area (Å²) >= 11 is 0. The summed E-state index contributed by atoms with van der Waals surface area (Å²) in [5.74, 6) is 2.05. The molecule has 0 saturated heterocycles. The second-order valence-corrected chi connectivity index (χ2v) is 5.89. The average Bonchev–Trinajstić information content (AvgIpc) is 3.05. The molecule has 0 aliphatic carbocycles. The Bertz CT molecular complexity index is 767. The van der Waals surface area contributed by atoms with Gasteiger partial charge in [-0.2, -0.15) is 0 Å². The molecule has 3 heterocycles. The largest absolute Gasteiger partial charge is 0.309 e. The zero-order valence-electron chi connectivity index (χ0n) is 12.9. The Balaban J connectivity index is 1.49. The standard InChI is InChI=1S/C18H19N5/c1-2-6-15(7-3-1)18-22-21-17-9-8-16(13-23(17)18)20-12-14-5-4-10-19-11-14/h1-7,10-11,16,20H,8-9,12-13H2/t16-/m0/s1. The molecule has 0 spiro atoms. The predicted octanol–water partition coefficient (Wildman–Crippen LogP) is 2.44. The summed E-state index contributed by atoms with van der Waals surface area (Å²) in [5, 5.41) is 12.4. The first-order valence-corrected chi connectivity index (χ1v) is 8.00. The molecule has 1 aromatic carbocycles. The molecule has 1 aliphatic heterocycles. The van der Waals surface area contributed by atoms with Gasteiger partial charge in [0.05, 0.1) is 0 Å². The van der Waals surface area contributed by atoms with Crippen molar-refractivity contribution in [3.63, 3.8) is 0 Å². The first-order chi connectivity index (χ1) is 11.4. The molecule has 0 unspecified atom stereocenters. The molecule has 0 radical (unpaired) electrons. The van der Waals surface area contributed by atoms with E-state index in [-0.39, 0.29) is 0 Å². The molecule has 5 heteroatoms. The fourth-order valence-corrected chi connectivity index (χ4v) is 3.06. The normalized spacial score (nSPS) is 17.0. The van der Waals surface area contributed by atoms with Crippen molar-refractivity contribution in [3.8, 4) is 11.4 Å². The van der Waals surface area contributed by atoms with E-state index in [9.17, 15) is 0 Å². The number of pyridine rings is 1. The third-order valence-corrected chi connectivity index (χ3v) is 4.30. The fraction of sp³-hybridized carbons (Fsp3) is 0.278. The lowest BCUT2D eigenvalue weighted by atomic mass is 10.1. The Kier molecular flexibility index (Phi) is 3.86. The SMILES string of the molecule is c1ccc(-c2nnc3n2C[C@@H](NCc2cccnc2)CC3)cc1. The molecular formula is C18H19N5. The number of nitrogens with zero attached hydrogens (tertiary/aromatic N) is 4. The summed E-state index contributed by atoms with van der Waals surface area (Å²) in [6.45, 7) is 1.75. The molecular weight excluding hydrogens is 286 g/mol. The van der Waals surface area contributed by atoms with Crippen LogP contribution in [0.3, 0.4) is 0 Å². The zero-order chi connectivity index (χ0) is 15.5. The van der Waals surface area contributed by atoms with E-state index in [2.05, 4.69) is 43.3 Å². The monoisotopic (exact) mass is 305 g/mol. The van der Waals surface area contributed by atoms with E-state index < -0.39 is 0 Å². The third kappa shape index (κ3) is 3.00. The maximum absolute atomic E-state index is 4.40. The minimum Gasteiger partial charge on any atom is -0.309 e. The van der Waals surface area contributed by atoms with Crippen LogP contribution in [0.15, 0.2) is 54.9 Å². The predicted molar refractivity (Wildman–Crippen MR) is 88.6 cm³/mol. The van der Waals surface area contributed by atoms with Gasteiger partial charge in [-0.15, -0.1) is 10.2 Å². The molecule has 116 valence electrons. The Morgan fingerprint density at radius 2 is 2.00 bits per heavy atom. The highest BCUT2D eigenvalue weighted by molar-refractivity contribution is 5.55. The quantitative estimate of drug-likeness (QED) is 0.804. The molecule has 1 aliphatic rings. The van der Waals surface area contributed by atoms with Crippen molar-refractivity contribution in [2.75, 3.05) is 0 Å². The smallest absolute Gasteiger partial charge is 0.164 e. The highest BCUT2D eigenvalue weighted by Gasteiger charge is 2.23. The topological polar surface area (TPSA) is 55.6 Å². The summed E-state index contributed by atoms with van der Waals surface area (Å²) in [4.78, 5) is 4.16. The number of rotatable bonds is 4. The molecule has 0 fully saturated rings. The Hall–Kier alpha value is -2.53. The first-order valence-electron chi connectivity index (χ1n) is 8.00. The molecule has 4 rings (SSSR count). The second kappa shape index (κ2) is 6.30. The van der Waals surface area contributed by atoms with Crippen LogP contribution in [0.1, 0.15) is 17.8 Å². The van der Waals surface area contributed by atoms with Crippen LogP contribution in [0.4, 0.5) is 0 Å². The van der Waals surface area contributed by atoms with Crippen LogP contribution in [-0.2, 0) is 19.5 Å². The Labute approximate surface area is 135 Å². The van der Waals surface area contributed by atoms with E-state index in [0.717, 1.165) is 43.1 Å². The summed E-state index contributed by atoms with van der Waals surface area (Å²) in [6.07, 6.45) is 5.77. The number of benzene rings is 1. The first kappa shape index (κ1) is 14.1. The van der Waals surface area contributed by atoms with Gasteiger partial charge in [-0.1, -0.05) is 36.4 Å².